The summed E-state index contributed by atoms with van der Waals surface area (Å²) in [7, 11) is 0. The van der Waals surface area contributed by atoms with Crippen LogP contribution in [0.1, 0.15) is 6.42 Å². The standard InChI is InChI=1S/C4H12N2O.3Na.3H/c5-3-4(6)1-2-7;;;;;;/h4,7H,1-3,5-6H2;;;;;;. The second-order valence-corrected chi connectivity index (χ2v) is 1.51. The molecule has 0 saturated carbocycles. The summed E-state index contributed by atoms with van der Waals surface area (Å²) in [5, 5.41) is 8.23. The molecule has 0 aromatic heterocycles. The van der Waals surface area contributed by atoms with Crippen molar-refractivity contribution in [3.63, 3.8) is 0 Å². The van der Waals surface area contributed by atoms with Gasteiger partial charge in [0.15, 0.2) is 0 Å². The van der Waals surface area contributed by atoms with Crippen LogP contribution in [0.3, 0.4) is 0 Å². The van der Waals surface area contributed by atoms with Gasteiger partial charge in [-0.2, -0.15) is 0 Å². The van der Waals surface area contributed by atoms with E-state index in [1.54, 1.807) is 0 Å². The van der Waals surface area contributed by atoms with Crippen molar-refractivity contribution in [3.05, 3.63) is 0 Å². The van der Waals surface area contributed by atoms with Crippen LogP contribution in [0, 0.1) is 0 Å². The van der Waals surface area contributed by atoms with Gasteiger partial charge in [-0.15, -0.1) is 0 Å². The molecule has 0 fully saturated rings. The van der Waals surface area contributed by atoms with Crippen molar-refractivity contribution in [3.8, 4) is 0 Å². The molecule has 0 aliphatic heterocycles. The molecule has 50 valence electrons. The zero-order chi connectivity index (χ0) is 5.70. The van der Waals surface area contributed by atoms with E-state index < -0.39 is 0 Å². The van der Waals surface area contributed by atoms with Gasteiger partial charge in [0.2, 0.25) is 0 Å². The Morgan fingerprint density at radius 2 is 1.60 bits per heavy atom. The third-order valence-electron chi connectivity index (χ3n) is 0.803. The van der Waals surface area contributed by atoms with Crippen LogP contribution in [0.2, 0.25) is 0 Å². The number of aliphatic hydroxyl groups excluding tert-OH is 1. The van der Waals surface area contributed by atoms with Crippen molar-refractivity contribution in [2.45, 2.75) is 12.5 Å². The summed E-state index contributed by atoms with van der Waals surface area (Å²) in [6, 6.07) is -0.0231. The topological polar surface area (TPSA) is 72.3 Å². The van der Waals surface area contributed by atoms with Gasteiger partial charge in [-0.3, -0.25) is 0 Å². The SMILES string of the molecule is NCC(N)CCO.[NaH].[NaH].[NaH]. The van der Waals surface area contributed by atoms with Gasteiger partial charge in [0.1, 0.15) is 0 Å². The van der Waals surface area contributed by atoms with Gasteiger partial charge in [0.05, 0.1) is 0 Å². The third kappa shape index (κ3) is 17.1. The van der Waals surface area contributed by atoms with E-state index >= 15 is 0 Å². The maximum absolute atomic E-state index is 8.23. The fourth-order valence-corrected chi connectivity index (χ4v) is 0.284. The molecule has 0 aliphatic carbocycles. The molecule has 1 unspecified atom stereocenters. The number of rotatable bonds is 3. The quantitative estimate of drug-likeness (QED) is 0.395. The second kappa shape index (κ2) is 17.8. The number of nitrogens with two attached hydrogens (primary N) is 2. The van der Waals surface area contributed by atoms with Gasteiger partial charge in [-0.1, -0.05) is 0 Å². The molecule has 1 atom stereocenters. The third-order valence-corrected chi connectivity index (χ3v) is 0.803. The first-order valence-electron chi connectivity index (χ1n) is 2.37. The van der Waals surface area contributed by atoms with Gasteiger partial charge in [-0.25, -0.2) is 0 Å². The summed E-state index contributed by atoms with van der Waals surface area (Å²) in [4.78, 5) is 0. The summed E-state index contributed by atoms with van der Waals surface area (Å²) in [6.07, 6.45) is 0.608. The molecule has 5 N–H and O–H groups in total. The van der Waals surface area contributed by atoms with E-state index in [4.69, 9.17) is 16.6 Å². The second-order valence-electron chi connectivity index (χ2n) is 1.51. The molecular formula is C4H15N2Na3O. The number of hydrogen-bond acceptors (Lipinski definition) is 3. The summed E-state index contributed by atoms with van der Waals surface area (Å²) in [5.41, 5.74) is 10.4. The van der Waals surface area contributed by atoms with E-state index in [-0.39, 0.29) is 101 Å². The zero-order valence-electron chi connectivity index (χ0n) is 4.30. The normalized spacial score (nSPS) is 9.90. The van der Waals surface area contributed by atoms with Crippen molar-refractivity contribution >= 4 is 88.7 Å². The van der Waals surface area contributed by atoms with Gasteiger partial charge in [0.25, 0.3) is 0 Å². The monoisotopic (exact) mass is 176 g/mol. The molecule has 6 heteroatoms. The van der Waals surface area contributed by atoms with Gasteiger partial charge < -0.3 is 16.6 Å². The summed E-state index contributed by atoms with van der Waals surface area (Å²) in [6.45, 7) is 0.596. The van der Waals surface area contributed by atoms with Crippen LogP contribution in [0.4, 0.5) is 0 Å². The van der Waals surface area contributed by atoms with E-state index in [2.05, 4.69) is 0 Å². The Morgan fingerprint density at radius 1 is 1.20 bits per heavy atom. The van der Waals surface area contributed by atoms with Crippen molar-refractivity contribution < 1.29 is 5.11 Å². The average Bonchev–Trinajstić information content (AvgIpc) is 1.68. The molecule has 0 spiro atoms. The van der Waals surface area contributed by atoms with Crippen LogP contribution in [-0.2, 0) is 0 Å². The Kier molecular flexibility index (Phi) is 41.1. The average molecular weight is 176 g/mol. The Bertz CT molecular complexity index is 49.5. The summed E-state index contributed by atoms with van der Waals surface area (Å²) in [5.74, 6) is 0. The van der Waals surface area contributed by atoms with Crippen molar-refractivity contribution in [1.82, 2.24) is 0 Å². The summed E-state index contributed by atoms with van der Waals surface area (Å²) < 4.78 is 0. The van der Waals surface area contributed by atoms with Crippen LogP contribution in [0.15, 0.2) is 0 Å². The molecule has 0 amide bonds. The van der Waals surface area contributed by atoms with E-state index in [0.717, 1.165) is 0 Å². The van der Waals surface area contributed by atoms with Gasteiger partial charge in [-0.05, 0) is 6.42 Å². The van der Waals surface area contributed by atoms with Crippen LogP contribution in [-0.4, -0.2) is 113 Å². The number of aliphatic hydroxyl groups is 1. The first-order chi connectivity index (χ1) is 3.31. The molecule has 0 bridgehead atoms. The molecule has 0 aliphatic rings. The predicted octanol–water partition coefficient (Wildman–Crippen LogP) is -3.29. The van der Waals surface area contributed by atoms with E-state index in [1.807, 2.05) is 0 Å². The molecule has 0 heterocycles. The predicted molar refractivity (Wildman–Crippen MR) is 50.2 cm³/mol. The van der Waals surface area contributed by atoms with E-state index in [1.165, 1.54) is 0 Å². The molecule has 0 radical (unpaired) electrons. The zero-order valence-corrected chi connectivity index (χ0v) is 4.30. The minimum absolute atomic E-state index is 0. The molecule has 0 aromatic rings. The fraction of sp³-hybridized carbons (Fsp3) is 1.00. The Balaban J connectivity index is -0.0000000600. The number of hydrogen-bond donors (Lipinski definition) is 3. The molecule has 10 heavy (non-hydrogen) atoms. The first-order valence-corrected chi connectivity index (χ1v) is 2.37. The molecule has 0 aromatic carbocycles. The minimum atomic E-state index is -0.0231. The van der Waals surface area contributed by atoms with Crippen molar-refractivity contribution in [2.24, 2.45) is 11.5 Å². The maximum atomic E-state index is 8.23. The molecule has 0 saturated heterocycles. The Hall–Kier alpha value is 2.88. The fourth-order valence-electron chi connectivity index (χ4n) is 0.284. The summed E-state index contributed by atoms with van der Waals surface area (Å²) >= 11 is 0. The van der Waals surface area contributed by atoms with E-state index in [9.17, 15) is 0 Å². The van der Waals surface area contributed by atoms with Crippen LogP contribution >= 0.6 is 0 Å². The van der Waals surface area contributed by atoms with Crippen molar-refractivity contribution in [1.29, 1.82) is 0 Å². The first kappa shape index (κ1) is 23.1. The van der Waals surface area contributed by atoms with Gasteiger partial charge in [0, 0.05) is 19.2 Å². The van der Waals surface area contributed by atoms with Crippen LogP contribution in [0.25, 0.3) is 0 Å². The Morgan fingerprint density at radius 3 is 1.70 bits per heavy atom. The van der Waals surface area contributed by atoms with Crippen LogP contribution in [0.5, 0.6) is 0 Å². The molecule has 3 nitrogen and oxygen atoms in total. The Labute approximate surface area is 129 Å². The van der Waals surface area contributed by atoms with E-state index in [0.29, 0.717) is 13.0 Å². The molecular weight excluding hydrogens is 161 g/mol. The van der Waals surface area contributed by atoms with Crippen molar-refractivity contribution in [2.75, 3.05) is 13.2 Å². The molecule has 0 rings (SSSR count). The van der Waals surface area contributed by atoms with Crippen LogP contribution < -0.4 is 11.5 Å². The van der Waals surface area contributed by atoms with Gasteiger partial charge >= 0.3 is 88.7 Å².